The van der Waals surface area contributed by atoms with Crippen molar-refractivity contribution >= 4 is 17.9 Å². The molecule has 2 aliphatic rings. The number of nitrogens with zero attached hydrogens (tertiary/aromatic N) is 2. The fraction of sp³-hybridized carbons (Fsp3) is 0.611. The van der Waals surface area contributed by atoms with Gasteiger partial charge >= 0.3 is 0 Å². The van der Waals surface area contributed by atoms with E-state index >= 15 is 0 Å². The van der Waals surface area contributed by atoms with Crippen molar-refractivity contribution in [2.75, 3.05) is 32.8 Å². The lowest BCUT2D eigenvalue weighted by Gasteiger charge is -2.32. The topological polar surface area (TPSA) is 32.8 Å². The number of para-hydroxylation sites is 1. The van der Waals surface area contributed by atoms with E-state index in [1.807, 2.05) is 22.5 Å². The Hall–Kier alpha value is -1.20. The first kappa shape index (κ1) is 16.7. The number of carbonyl (C=O) groups excluding carboxylic acids is 1. The summed E-state index contributed by atoms with van der Waals surface area (Å²) in [6.07, 6.45) is 4.89. The van der Waals surface area contributed by atoms with E-state index in [-0.39, 0.29) is 5.91 Å². The first-order valence-electron chi connectivity index (χ1n) is 8.63. The van der Waals surface area contributed by atoms with Crippen LogP contribution in [0.3, 0.4) is 0 Å². The molecule has 0 aliphatic carbocycles. The predicted molar refractivity (Wildman–Crippen MR) is 94.6 cm³/mol. The molecule has 2 heterocycles. The summed E-state index contributed by atoms with van der Waals surface area (Å²) >= 11 is 1.68. The summed E-state index contributed by atoms with van der Waals surface area (Å²) in [7, 11) is 0. The van der Waals surface area contributed by atoms with Crippen LogP contribution in [0.25, 0.3) is 0 Å². The smallest absolute Gasteiger partial charge is 0.229 e. The van der Waals surface area contributed by atoms with Gasteiger partial charge in [-0.3, -0.25) is 9.10 Å². The van der Waals surface area contributed by atoms with Crippen LogP contribution in [0, 0.1) is 0 Å². The summed E-state index contributed by atoms with van der Waals surface area (Å²) in [5.74, 6) is 1.12. The van der Waals surface area contributed by atoms with Crippen molar-refractivity contribution in [1.82, 2.24) is 9.21 Å². The zero-order valence-electron chi connectivity index (χ0n) is 13.9. The number of amides is 1. The van der Waals surface area contributed by atoms with Gasteiger partial charge in [0, 0.05) is 25.6 Å². The van der Waals surface area contributed by atoms with Crippen molar-refractivity contribution in [3.05, 3.63) is 29.8 Å². The summed E-state index contributed by atoms with van der Waals surface area (Å²) in [4.78, 5) is 14.5. The Bertz CT molecular complexity index is 532. The molecule has 1 saturated heterocycles. The maximum Gasteiger partial charge on any atom is 0.229 e. The molecule has 1 fully saturated rings. The van der Waals surface area contributed by atoms with Gasteiger partial charge in [0.05, 0.1) is 11.9 Å². The van der Waals surface area contributed by atoms with E-state index < -0.39 is 0 Å². The predicted octanol–water partition coefficient (Wildman–Crippen LogP) is 3.49. The van der Waals surface area contributed by atoms with Gasteiger partial charge in [0.15, 0.2) is 0 Å². The van der Waals surface area contributed by atoms with Crippen LogP contribution in [0.4, 0.5) is 0 Å². The second kappa shape index (κ2) is 8.06. The molecule has 126 valence electrons. The number of hydrogen-bond donors (Lipinski definition) is 0. The van der Waals surface area contributed by atoms with Crippen molar-refractivity contribution < 1.29 is 9.53 Å². The molecule has 2 aliphatic heterocycles. The number of piperidine rings is 1. The van der Waals surface area contributed by atoms with E-state index in [0.29, 0.717) is 5.25 Å². The van der Waals surface area contributed by atoms with E-state index in [4.69, 9.17) is 4.74 Å². The number of rotatable bonds is 5. The van der Waals surface area contributed by atoms with Crippen LogP contribution in [-0.4, -0.2) is 47.9 Å². The van der Waals surface area contributed by atoms with Gasteiger partial charge in [-0.25, -0.2) is 0 Å². The molecule has 0 aromatic heterocycles. The Morgan fingerprint density at radius 1 is 1.30 bits per heavy atom. The minimum Gasteiger partial charge on any atom is -0.493 e. The van der Waals surface area contributed by atoms with Gasteiger partial charge in [0.25, 0.3) is 0 Å². The van der Waals surface area contributed by atoms with Gasteiger partial charge in [0.2, 0.25) is 5.91 Å². The van der Waals surface area contributed by atoms with E-state index in [9.17, 15) is 4.79 Å². The minimum atomic E-state index is 0.149. The van der Waals surface area contributed by atoms with Gasteiger partial charge in [0.1, 0.15) is 5.75 Å². The van der Waals surface area contributed by atoms with Gasteiger partial charge in [-0.2, -0.15) is 0 Å². The molecule has 0 spiro atoms. The van der Waals surface area contributed by atoms with Crippen LogP contribution < -0.4 is 4.74 Å². The summed E-state index contributed by atoms with van der Waals surface area (Å²) in [5, 5.41) is 0.310. The van der Waals surface area contributed by atoms with Crippen LogP contribution in [0.1, 0.15) is 43.4 Å². The second-order valence-electron chi connectivity index (χ2n) is 6.29. The van der Waals surface area contributed by atoms with Gasteiger partial charge < -0.3 is 9.64 Å². The maximum atomic E-state index is 12.1. The number of fused-ring (bicyclic) bond motifs is 1. The molecular weight excluding hydrogens is 308 g/mol. The summed E-state index contributed by atoms with van der Waals surface area (Å²) < 4.78 is 7.67. The zero-order valence-corrected chi connectivity index (χ0v) is 14.7. The molecule has 0 radical (unpaired) electrons. The molecule has 1 amide bonds. The Morgan fingerprint density at radius 2 is 2.09 bits per heavy atom. The van der Waals surface area contributed by atoms with Crippen molar-refractivity contribution in [1.29, 1.82) is 0 Å². The van der Waals surface area contributed by atoms with E-state index in [2.05, 4.69) is 11.0 Å². The lowest BCUT2D eigenvalue weighted by molar-refractivity contribution is -0.124. The monoisotopic (exact) mass is 334 g/mol. The third-order valence-electron chi connectivity index (χ3n) is 4.58. The molecule has 3 rings (SSSR count). The largest absolute Gasteiger partial charge is 0.493 e. The van der Waals surface area contributed by atoms with Crippen molar-refractivity contribution in [2.45, 2.75) is 37.9 Å². The normalized spacial score (nSPS) is 21.3. The number of hydrogen-bond acceptors (Lipinski definition) is 4. The van der Waals surface area contributed by atoms with Crippen molar-refractivity contribution in [2.24, 2.45) is 0 Å². The Morgan fingerprint density at radius 3 is 2.87 bits per heavy atom. The zero-order chi connectivity index (χ0) is 16.1. The van der Waals surface area contributed by atoms with Crippen LogP contribution in [-0.2, 0) is 4.79 Å². The Balaban J connectivity index is 1.60. The quantitative estimate of drug-likeness (QED) is 0.772. The number of benzene rings is 1. The average Bonchev–Trinajstić information content (AvgIpc) is 2.59. The summed E-state index contributed by atoms with van der Waals surface area (Å²) in [6, 6.07) is 8.20. The van der Waals surface area contributed by atoms with Crippen LogP contribution in [0.15, 0.2) is 24.3 Å². The molecule has 4 nitrogen and oxygen atoms in total. The molecule has 5 heteroatoms. The van der Waals surface area contributed by atoms with Gasteiger partial charge in [-0.05, 0) is 50.4 Å². The highest BCUT2D eigenvalue weighted by molar-refractivity contribution is 7.97. The Labute approximate surface area is 143 Å². The van der Waals surface area contributed by atoms with E-state index in [0.717, 1.165) is 31.9 Å². The summed E-state index contributed by atoms with van der Waals surface area (Å²) in [6.45, 7) is 6.55. The number of ether oxygens (including phenoxy) is 1. The first-order valence-corrected chi connectivity index (χ1v) is 9.46. The molecule has 0 bridgehead atoms. The molecular formula is C18H26N2O2S. The lowest BCUT2D eigenvalue weighted by Crippen LogP contribution is -2.37. The summed E-state index contributed by atoms with van der Waals surface area (Å²) in [5.41, 5.74) is 1.22. The number of likely N-dealkylation sites (tertiary alicyclic amines) is 1. The maximum absolute atomic E-state index is 12.1. The second-order valence-corrected chi connectivity index (χ2v) is 7.51. The highest BCUT2D eigenvalue weighted by Crippen LogP contribution is 2.42. The molecule has 1 aromatic rings. The van der Waals surface area contributed by atoms with Crippen molar-refractivity contribution in [3.8, 4) is 5.75 Å². The lowest BCUT2D eigenvalue weighted by atomic mass is 10.1. The van der Waals surface area contributed by atoms with Crippen LogP contribution in [0.5, 0.6) is 5.75 Å². The van der Waals surface area contributed by atoms with Crippen LogP contribution in [0.2, 0.25) is 0 Å². The van der Waals surface area contributed by atoms with E-state index in [1.165, 1.54) is 37.9 Å². The standard InChI is InChI=1S/C18H26N2O2S/c1-15(21)20(13-12-19-10-5-2-6-11-19)23-18-9-14-22-17-8-4-3-7-16(17)18/h3-4,7-8,18H,2,5-6,9-14H2,1H3. The van der Waals surface area contributed by atoms with E-state index in [1.54, 1.807) is 18.9 Å². The SMILES string of the molecule is CC(=O)N(CCN1CCCCC1)SC1CCOc2ccccc21. The highest BCUT2D eigenvalue weighted by Gasteiger charge is 2.25. The van der Waals surface area contributed by atoms with Crippen LogP contribution >= 0.6 is 11.9 Å². The highest BCUT2D eigenvalue weighted by atomic mass is 32.2. The van der Waals surface area contributed by atoms with Gasteiger partial charge in [-0.15, -0.1) is 0 Å². The minimum absolute atomic E-state index is 0.149. The number of carbonyl (C=O) groups is 1. The molecule has 0 saturated carbocycles. The third kappa shape index (κ3) is 4.42. The molecule has 23 heavy (non-hydrogen) atoms. The molecule has 1 aromatic carbocycles. The molecule has 1 unspecified atom stereocenters. The van der Waals surface area contributed by atoms with Gasteiger partial charge in [-0.1, -0.05) is 24.6 Å². The third-order valence-corrected chi connectivity index (χ3v) is 6.02. The molecule has 1 atom stereocenters. The average molecular weight is 334 g/mol. The fourth-order valence-corrected chi connectivity index (χ4v) is 4.42. The fourth-order valence-electron chi connectivity index (χ4n) is 3.27. The Kier molecular flexibility index (Phi) is 5.84. The van der Waals surface area contributed by atoms with Crippen molar-refractivity contribution in [3.63, 3.8) is 0 Å². The molecule has 0 N–H and O–H groups in total. The first-order chi connectivity index (χ1) is 11.2.